The first kappa shape index (κ1) is 13.2. The third kappa shape index (κ3) is 2.62. The lowest BCUT2D eigenvalue weighted by Crippen LogP contribution is -2.08. The quantitative estimate of drug-likeness (QED) is 0.915. The smallest absolute Gasteiger partial charge is 0.358 e. The first-order valence-corrected chi connectivity index (χ1v) is 7.18. The van der Waals surface area contributed by atoms with Crippen LogP contribution in [-0.4, -0.2) is 26.1 Å². The Balaban J connectivity index is 2.33. The number of thiophene rings is 1. The van der Waals surface area contributed by atoms with Gasteiger partial charge in [0.15, 0.2) is 5.69 Å². The van der Waals surface area contributed by atoms with Gasteiger partial charge in [-0.2, -0.15) is 0 Å². The fraction of sp³-hybridized carbons (Fsp3) is 0.364. The van der Waals surface area contributed by atoms with E-state index >= 15 is 0 Å². The predicted octanol–water partition coefficient (Wildman–Crippen LogP) is 2.80. The highest BCUT2D eigenvalue weighted by atomic mass is 79.9. The van der Waals surface area contributed by atoms with Crippen LogP contribution in [0.4, 0.5) is 0 Å². The molecule has 0 spiro atoms. The molecule has 0 amide bonds. The van der Waals surface area contributed by atoms with Crippen molar-refractivity contribution < 1.29 is 9.90 Å². The van der Waals surface area contributed by atoms with Crippen molar-refractivity contribution in [2.45, 2.75) is 26.3 Å². The Morgan fingerprint density at radius 2 is 2.39 bits per heavy atom. The molecule has 0 unspecified atom stereocenters. The summed E-state index contributed by atoms with van der Waals surface area (Å²) >= 11 is 5.06. The Morgan fingerprint density at radius 3 is 2.94 bits per heavy atom. The normalized spacial score (nSPS) is 10.8. The molecular weight excluding hydrogens is 318 g/mol. The second-order valence-electron chi connectivity index (χ2n) is 3.79. The molecule has 2 aromatic heterocycles. The van der Waals surface area contributed by atoms with Crippen LogP contribution >= 0.6 is 27.3 Å². The average molecular weight is 330 g/mol. The summed E-state index contributed by atoms with van der Waals surface area (Å²) in [4.78, 5) is 12.2. The molecule has 0 aliphatic carbocycles. The van der Waals surface area contributed by atoms with E-state index < -0.39 is 5.97 Å². The first-order chi connectivity index (χ1) is 8.63. The number of aromatic nitrogens is 3. The zero-order chi connectivity index (χ0) is 13.1. The van der Waals surface area contributed by atoms with Crippen molar-refractivity contribution in [3.63, 3.8) is 0 Å². The molecule has 0 aromatic carbocycles. The average Bonchev–Trinajstić information content (AvgIpc) is 2.89. The van der Waals surface area contributed by atoms with Gasteiger partial charge in [-0.1, -0.05) is 18.6 Å². The first-order valence-electron chi connectivity index (χ1n) is 5.51. The topological polar surface area (TPSA) is 68.0 Å². The van der Waals surface area contributed by atoms with Crippen LogP contribution in [0.3, 0.4) is 0 Å². The van der Waals surface area contributed by atoms with E-state index in [1.807, 2.05) is 18.4 Å². The molecule has 5 nitrogen and oxygen atoms in total. The van der Waals surface area contributed by atoms with Gasteiger partial charge in [-0.25, -0.2) is 9.48 Å². The van der Waals surface area contributed by atoms with Crippen LogP contribution < -0.4 is 0 Å². The van der Waals surface area contributed by atoms with Gasteiger partial charge in [-0.05, 0) is 33.8 Å². The number of hydrogen-bond donors (Lipinski definition) is 1. The summed E-state index contributed by atoms with van der Waals surface area (Å²) in [5, 5.41) is 18.7. The summed E-state index contributed by atoms with van der Waals surface area (Å²) in [6, 6.07) is 1.97. The molecule has 0 aliphatic rings. The van der Waals surface area contributed by atoms with Crippen LogP contribution in [0.1, 0.15) is 34.4 Å². The summed E-state index contributed by atoms with van der Waals surface area (Å²) in [7, 11) is 0. The van der Waals surface area contributed by atoms with E-state index in [-0.39, 0.29) is 5.69 Å². The van der Waals surface area contributed by atoms with Crippen molar-refractivity contribution in [1.82, 2.24) is 15.0 Å². The van der Waals surface area contributed by atoms with Crippen LogP contribution in [0.2, 0.25) is 0 Å². The Hall–Kier alpha value is -1.21. The number of carboxylic acid groups (broad SMARTS) is 1. The predicted molar refractivity (Wildman–Crippen MR) is 72.1 cm³/mol. The maximum Gasteiger partial charge on any atom is 0.358 e. The number of nitrogens with zero attached hydrogens (tertiary/aromatic N) is 3. The van der Waals surface area contributed by atoms with Gasteiger partial charge in [-0.3, -0.25) is 0 Å². The van der Waals surface area contributed by atoms with Gasteiger partial charge in [0.1, 0.15) is 0 Å². The fourth-order valence-corrected chi connectivity index (χ4v) is 3.14. The van der Waals surface area contributed by atoms with E-state index in [9.17, 15) is 4.79 Å². The largest absolute Gasteiger partial charge is 0.476 e. The van der Waals surface area contributed by atoms with Crippen molar-refractivity contribution in [1.29, 1.82) is 0 Å². The number of carboxylic acids is 1. The standard InChI is InChI=1S/C11H12BrN3O2S/c1-2-3-8-10(11(16)17)13-14-15(8)6-9-7(12)4-5-18-9/h4-5H,2-3,6H2,1H3,(H,16,17). The highest BCUT2D eigenvalue weighted by Crippen LogP contribution is 2.24. The molecule has 1 N–H and O–H groups in total. The highest BCUT2D eigenvalue weighted by Gasteiger charge is 2.18. The van der Waals surface area contributed by atoms with E-state index in [4.69, 9.17) is 5.11 Å². The lowest BCUT2D eigenvalue weighted by Gasteiger charge is -2.05. The van der Waals surface area contributed by atoms with Gasteiger partial charge < -0.3 is 5.11 Å². The lowest BCUT2D eigenvalue weighted by molar-refractivity contribution is 0.0689. The van der Waals surface area contributed by atoms with Crippen LogP contribution in [0, 0.1) is 0 Å². The summed E-state index contributed by atoms with van der Waals surface area (Å²) in [5.41, 5.74) is 0.745. The molecule has 2 rings (SSSR count). The monoisotopic (exact) mass is 329 g/mol. The molecule has 7 heteroatoms. The number of aromatic carboxylic acids is 1. The van der Waals surface area contributed by atoms with E-state index in [0.29, 0.717) is 18.7 Å². The zero-order valence-corrected chi connectivity index (χ0v) is 12.2. The second-order valence-corrected chi connectivity index (χ2v) is 5.64. The lowest BCUT2D eigenvalue weighted by atomic mass is 10.2. The molecule has 0 fully saturated rings. The Labute approximate surface area is 117 Å². The van der Waals surface area contributed by atoms with E-state index in [0.717, 1.165) is 15.8 Å². The van der Waals surface area contributed by atoms with Crippen molar-refractivity contribution >= 4 is 33.2 Å². The van der Waals surface area contributed by atoms with Gasteiger partial charge in [0.2, 0.25) is 0 Å². The molecule has 0 saturated heterocycles. The van der Waals surface area contributed by atoms with Gasteiger partial charge in [0, 0.05) is 9.35 Å². The molecule has 0 saturated carbocycles. The molecule has 0 radical (unpaired) electrons. The molecular formula is C11H12BrN3O2S. The second kappa shape index (κ2) is 5.62. The van der Waals surface area contributed by atoms with Gasteiger partial charge in [-0.15, -0.1) is 16.4 Å². The summed E-state index contributed by atoms with van der Waals surface area (Å²) < 4.78 is 2.69. The van der Waals surface area contributed by atoms with Gasteiger partial charge in [0.05, 0.1) is 12.2 Å². The third-order valence-corrected chi connectivity index (χ3v) is 4.42. The summed E-state index contributed by atoms with van der Waals surface area (Å²) in [6.45, 7) is 2.55. The Kier molecular flexibility index (Phi) is 4.13. The van der Waals surface area contributed by atoms with Crippen molar-refractivity contribution in [2.75, 3.05) is 0 Å². The molecule has 96 valence electrons. The molecule has 0 bridgehead atoms. The molecule has 0 atom stereocenters. The van der Waals surface area contributed by atoms with E-state index in [1.54, 1.807) is 16.0 Å². The molecule has 2 aromatic rings. The molecule has 0 aliphatic heterocycles. The number of rotatable bonds is 5. The van der Waals surface area contributed by atoms with Gasteiger partial charge in [0.25, 0.3) is 0 Å². The van der Waals surface area contributed by atoms with Crippen LogP contribution in [0.25, 0.3) is 0 Å². The maximum atomic E-state index is 11.1. The van der Waals surface area contributed by atoms with Gasteiger partial charge >= 0.3 is 5.97 Å². The SMILES string of the molecule is CCCc1c(C(=O)O)nnn1Cc1sccc1Br. The Morgan fingerprint density at radius 1 is 1.61 bits per heavy atom. The van der Waals surface area contributed by atoms with Crippen LogP contribution in [0.5, 0.6) is 0 Å². The number of carbonyl (C=O) groups is 1. The fourth-order valence-electron chi connectivity index (χ4n) is 1.68. The minimum absolute atomic E-state index is 0.0597. The molecule has 2 heterocycles. The van der Waals surface area contributed by atoms with Crippen LogP contribution in [-0.2, 0) is 13.0 Å². The van der Waals surface area contributed by atoms with E-state index in [1.165, 1.54) is 0 Å². The maximum absolute atomic E-state index is 11.1. The summed E-state index contributed by atoms with van der Waals surface area (Å²) in [5.74, 6) is -1.02. The number of hydrogen-bond acceptors (Lipinski definition) is 4. The van der Waals surface area contributed by atoms with Crippen LogP contribution in [0.15, 0.2) is 15.9 Å². The third-order valence-electron chi connectivity index (χ3n) is 2.51. The molecule has 18 heavy (non-hydrogen) atoms. The zero-order valence-electron chi connectivity index (χ0n) is 9.76. The minimum Gasteiger partial charge on any atom is -0.476 e. The summed E-state index contributed by atoms with van der Waals surface area (Å²) in [6.07, 6.45) is 1.52. The van der Waals surface area contributed by atoms with Crippen molar-refractivity contribution in [3.8, 4) is 0 Å². The van der Waals surface area contributed by atoms with Crippen molar-refractivity contribution in [3.05, 3.63) is 32.2 Å². The highest BCUT2D eigenvalue weighted by molar-refractivity contribution is 9.10. The minimum atomic E-state index is -1.02. The number of halogens is 1. The van der Waals surface area contributed by atoms with E-state index in [2.05, 4.69) is 26.2 Å². The Bertz CT molecular complexity index is 564. The van der Waals surface area contributed by atoms with Crippen molar-refractivity contribution in [2.24, 2.45) is 0 Å².